The van der Waals surface area contributed by atoms with Crippen molar-refractivity contribution in [2.24, 2.45) is 23.5 Å². The zero-order chi connectivity index (χ0) is 57.9. The van der Waals surface area contributed by atoms with E-state index in [-0.39, 0.29) is 121 Å². The number of ether oxygens (including phenoxy) is 1. The summed E-state index contributed by atoms with van der Waals surface area (Å²) in [7, 11) is 2.04. The number of aromatic amines is 1. The third kappa shape index (κ3) is 14.9. The van der Waals surface area contributed by atoms with Crippen molar-refractivity contribution in [3.05, 3.63) is 107 Å². The first-order chi connectivity index (χ1) is 38.9. The van der Waals surface area contributed by atoms with Crippen molar-refractivity contribution in [2.45, 2.75) is 102 Å². The Morgan fingerprint density at radius 1 is 0.852 bits per heavy atom. The third-order valence-electron chi connectivity index (χ3n) is 15.9. The van der Waals surface area contributed by atoms with Crippen LogP contribution in [0.1, 0.15) is 115 Å². The van der Waals surface area contributed by atoms with Crippen molar-refractivity contribution in [1.82, 2.24) is 30.7 Å². The normalized spacial score (nSPS) is 17.4. The molecule has 81 heavy (non-hydrogen) atoms. The lowest BCUT2D eigenvalue weighted by Crippen LogP contribution is -2.46. The fourth-order valence-corrected chi connectivity index (χ4v) is 12.1. The fourth-order valence-electron chi connectivity index (χ4n) is 11.2. The zero-order valence-corrected chi connectivity index (χ0v) is 48.1. The molecule has 18 nitrogen and oxygen atoms in total. The first-order valence-corrected chi connectivity index (χ1v) is 29.8. The van der Waals surface area contributed by atoms with E-state index >= 15 is 0 Å². The molecule has 2 fully saturated rings. The maximum absolute atomic E-state index is 14.5. The van der Waals surface area contributed by atoms with E-state index < -0.39 is 18.0 Å². The number of anilines is 1. The van der Waals surface area contributed by atoms with Crippen LogP contribution in [0.25, 0.3) is 21.7 Å². The lowest BCUT2D eigenvalue weighted by Gasteiger charge is -2.27. The van der Waals surface area contributed by atoms with Crippen molar-refractivity contribution in [2.75, 3.05) is 63.4 Å². The van der Waals surface area contributed by atoms with Crippen LogP contribution in [0.3, 0.4) is 0 Å². The van der Waals surface area contributed by atoms with Crippen LogP contribution in [0.15, 0.2) is 78.9 Å². The minimum absolute atomic E-state index is 0.0240. The number of fused-ring (bicyclic) bond motifs is 4. The Bertz CT molecular complexity index is 3170. The number of urea groups is 1. The Morgan fingerprint density at radius 2 is 1.56 bits per heavy atom. The van der Waals surface area contributed by atoms with E-state index in [9.17, 15) is 43.2 Å². The molecular weight excluding hydrogens is 1070 g/mol. The molecule has 1 aromatic heterocycles. The summed E-state index contributed by atoms with van der Waals surface area (Å²) in [5.41, 5.74) is 9.75. The van der Waals surface area contributed by atoms with Gasteiger partial charge in [-0.2, -0.15) is 11.8 Å². The van der Waals surface area contributed by atoms with Gasteiger partial charge in [0.05, 0.1) is 22.9 Å². The van der Waals surface area contributed by atoms with Crippen molar-refractivity contribution in [3.8, 4) is 5.75 Å². The van der Waals surface area contributed by atoms with Gasteiger partial charge < -0.3 is 41.2 Å². The molecule has 3 aliphatic heterocycles. The number of Topliss-reactive ketones (excluding diaryl/α,β-unsaturated/α-hetero) is 2. The van der Waals surface area contributed by atoms with Gasteiger partial charge in [0.2, 0.25) is 23.6 Å². The number of nitrogens with two attached hydrogens (primary N) is 1. The van der Waals surface area contributed by atoms with E-state index in [1.807, 2.05) is 63.4 Å². The highest BCUT2D eigenvalue weighted by atomic mass is 35.5. The number of rotatable bonds is 26. The van der Waals surface area contributed by atoms with Crippen LogP contribution in [0.5, 0.6) is 5.75 Å². The lowest BCUT2D eigenvalue weighted by molar-refractivity contribution is -0.140. The highest BCUT2D eigenvalue weighted by Gasteiger charge is 2.39. The summed E-state index contributed by atoms with van der Waals surface area (Å²) < 4.78 is 6.14. The number of H-pyrrole nitrogens is 1. The third-order valence-corrected chi connectivity index (χ3v) is 17.2. The molecule has 430 valence electrons. The number of carbonyl (C=O) groups is 9. The van der Waals surface area contributed by atoms with Crippen LogP contribution in [-0.4, -0.2) is 138 Å². The van der Waals surface area contributed by atoms with Gasteiger partial charge in [0.1, 0.15) is 11.4 Å². The summed E-state index contributed by atoms with van der Waals surface area (Å²) in [6, 6.07) is 22.1. The van der Waals surface area contributed by atoms with Crippen molar-refractivity contribution < 1.29 is 47.9 Å². The molecule has 20 heteroatoms. The molecule has 4 heterocycles. The fraction of sp³-hybridized carbons (Fsp3) is 0.459. The number of aromatic nitrogens is 1. The van der Waals surface area contributed by atoms with Gasteiger partial charge in [0, 0.05) is 97.5 Å². The predicted molar refractivity (Wildman–Crippen MR) is 314 cm³/mol. The van der Waals surface area contributed by atoms with Gasteiger partial charge >= 0.3 is 12.0 Å². The predicted octanol–water partition coefficient (Wildman–Crippen LogP) is 7.46. The summed E-state index contributed by atoms with van der Waals surface area (Å²) in [4.78, 5) is 126. The number of halogens is 1. The monoisotopic (exact) mass is 1140 g/mol. The van der Waals surface area contributed by atoms with Gasteiger partial charge in [-0.25, -0.2) is 4.79 Å². The molecule has 4 atom stereocenters. The summed E-state index contributed by atoms with van der Waals surface area (Å²) >= 11 is 7.93. The van der Waals surface area contributed by atoms with Crippen LogP contribution < -0.4 is 31.3 Å². The SMILES string of the molecule is CSC1CC(=O)N(CCCC(=O)NCCC[C@H](C(=O)N[C@@H](CCCNC(N)=O)C(=O)Cc2ccc(C(=O)Cc3ccc4[nH]c(C(=O)N5C[C@@H](CCl)c6c5cc(OC(=O)C5CCN(C)CC5)c5ccccc65)cc4c3)cc2)C(C)C)C1=O. The Hall–Kier alpha value is -7.09. The Labute approximate surface area is 481 Å². The number of ketones is 2. The Kier molecular flexibility index (Phi) is 20.4. The number of thioether (sulfide) groups is 1. The highest BCUT2D eigenvalue weighted by molar-refractivity contribution is 8.00. The molecule has 0 aliphatic carbocycles. The molecule has 4 aromatic carbocycles. The second-order valence-electron chi connectivity index (χ2n) is 21.9. The van der Waals surface area contributed by atoms with Gasteiger partial charge in [0.25, 0.3) is 5.91 Å². The number of esters is 1. The zero-order valence-electron chi connectivity index (χ0n) is 46.5. The van der Waals surface area contributed by atoms with Crippen LogP contribution in [-0.2, 0) is 41.6 Å². The molecule has 2 saturated heterocycles. The molecule has 6 N–H and O–H groups in total. The molecule has 8 rings (SSSR count). The highest BCUT2D eigenvalue weighted by Crippen LogP contribution is 2.46. The van der Waals surface area contributed by atoms with E-state index in [1.54, 1.807) is 47.6 Å². The average Bonchev–Trinajstić information content (AvgIpc) is 4.29. The number of hydrogen-bond acceptors (Lipinski definition) is 12. The average molecular weight is 1150 g/mol. The second-order valence-corrected chi connectivity index (χ2v) is 23.3. The van der Waals surface area contributed by atoms with Crippen LogP contribution >= 0.6 is 23.4 Å². The molecule has 3 aliphatic rings. The van der Waals surface area contributed by atoms with E-state index in [1.165, 1.54) is 16.7 Å². The van der Waals surface area contributed by atoms with E-state index in [0.29, 0.717) is 85.4 Å². The first kappa shape index (κ1) is 60.0. The van der Waals surface area contributed by atoms with Gasteiger partial charge in [-0.15, -0.1) is 11.6 Å². The standard InChI is InChI=1S/C61H73ClN8O10S/c1-36(2)43(12-7-23-64-54(73)14-9-25-69-55(74)33-53(81-4)59(69)77)57(75)67-47(13-8-24-65-61(63)79)51(72)29-37-15-18-39(19-16-37)50(71)30-38-17-20-46-41(28-38)31-48(66-46)58(76)70-35-42(34-62)56-45-11-6-5-10-44(45)52(32-49(56)70)80-60(78)40-21-26-68(3)27-22-40/h5-6,10-11,15-20,28,31-32,36,40,42-43,47,53,66H,7-9,12-14,21-27,29-30,33-35H2,1-4H3,(H,64,73)(H,67,75)(H3,63,65,79)/t42-,43+,47+,53?/m1/s1. The Morgan fingerprint density at radius 3 is 2.25 bits per heavy atom. The number of nitrogens with one attached hydrogen (secondary N) is 4. The summed E-state index contributed by atoms with van der Waals surface area (Å²) in [6.07, 6.45) is 5.51. The summed E-state index contributed by atoms with van der Waals surface area (Å²) in [5, 5.41) is 10.4. The minimum atomic E-state index is -0.874. The maximum atomic E-state index is 14.5. The van der Waals surface area contributed by atoms with Gasteiger partial charge in [-0.3, -0.25) is 43.3 Å². The molecule has 0 spiro atoms. The molecule has 0 saturated carbocycles. The number of alkyl halides is 1. The molecule has 0 bridgehead atoms. The first-order valence-electron chi connectivity index (χ1n) is 28.0. The van der Waals surface area contributed by atoms with Crippen molar-refractivity contribution >= 4 is 104 Å². The number of imide groups is 1. The van der Waals surface area contributed by atoms with Gasteiger partial charge in [-0.1, -0.05) is 68.4 Å². The topological polar surface area (TPSA) is 250 Å². The number of amides is 7. The summed E-state index contributed by atoms with van der Waals surface area (Å²) in [6.45, 7) is 6.54. The molecule has 7 amide bonds. The van der Waals surface area contributed by atoms with Gasteiger partial charge in [0.15, 0.2) is 11.6 Å². The number of hydrogen-bond donors (Lipinski definition) is 5. The number of carbonyl (C=O) groups excluding carboxylic acids is 9. The van der Waals surface area contributed by atoms with Crippen LogP contribution in [0.2, 0.25) is 0 Å². The summed E-state index contributed by atoms with van der Waals surface area (Å²) in [5.74, 6) is -2.10. The van der Waals surface area contributed by atoms with E-state index in [4.69, 9.17) is 22.1 Å². The Balaban J connectivity index is 0.862. The van der Waals surface area contributed by atoms with Crippen molar-refractivity contribution in [3.63, 3.8) is 0 Å². The number of piperidine rings is 1. The molecule has 5 aromatic rings. The van der Waals surface area contributed by atoms with Crippen molar-refractivity contribution in [1.29, 1.82) is 0 Å². The van der Waals surface area contributed by atoms with E-state index in [0.717, 1.165) is 40.4 Å². The molecule has 0 radical (unpaired) electrons. The second kappa shape index (κ2) is 27.6. The molecular formula is C61H73ClN8O10S. The number of likely N-dealkylation sites (tertiary alicyclic amines) is 2. The quantitative estimate of drug-likeness (QED) is 0.00904. The number of nitrogens with zero attached hydrogens (tertiary/aromatic N) is 3. The van der Waals surface area contributed by atoms with Crippen LogP contribution in [0.4, 0.5) is 10.5 Å². The lowest BCUT2D eigenvalue weighted by atomic mass is 9.89. The number of benzene rings is 4. The largest absolute Gasteiger partial charge is 0.426 e. The number of primary amides is 1. The molecule has 1 unspecified atom stereocenters. The minimum Gasteiger partial charge on any atom is -0.426 e. The van der Waals surface area contributed by atoms with Gasteiger partial charge in [-0.05, 0) is 118 Å². The maximum Gasteiger partial charge on any atom is 0.314 e. The van der Waals surface area contributed by atoms with E-state index in [2.05, 4.69) is 25.8 Å². The van der Waals surface area contributed by atoms with Crippen LogP contribution in [0, 0.1) is 17.8 Å². The smallest absolute Gasteiger partial charge is 0.314 e.